The molecule has 8 nitrogen and oxygen atoms in total. The van der Waals surface area contributed by atoms with Gasteiger partial charge in [-0.15, -0.1) is 0 Å². The molecule has 0 bridgehead atoms. The minimum absolute atomic E-state index is 0.0428. The van der Waals surface area contributed by atoms with Crippen LogP contribution in [0.2, 0.25) is 0 Å². The largest absolute Gasteiger partial charge is 0.491 e. The monoisotopic (exact) mass is 574 g/mol. The smallest absolute Gasteiger partial charge is 0.253 e. The molecule has 0 unspecified atom stereocenters. The van der Waals surface area contributed by atoms with Crippen molar-refractivity contribution in [3.05, 3.63) is 80.8 Å². The van der Waals surface area contributed by atoms with E-state index in [0.717, 1.165) is 65.9 Å². The Morgan fingerprint density at radius 1 is 1.00 bits per heavy atom. The van der Waals surface area contributed by atoms with Crippen LogP contribution in [0.5, 0.6) is 5.75 Å². The highest BCUT2D eigenvalue weighted by Crippen LogP contribution is 2.36. The molecular formula is C34H46N4O4. The molecule has 3 N–H and O–H groups in total. The van der Waals surface area contributed by atoms with Crippen molar-refractivity contribution in [3.8, 4) is 16.9 Å². The van der Waals surface area contributed by atoms with Gasteiger partial charge in [-0.05, 0) is 120 Å². The van der Waals surface area contributed by atoms with Crippen molar-refractivity contribution in [1.82, 2.24) is 15.2 Å². The molecule has 226 valence electrons. The third kappa shape index (κ3) is 7.23. The third-order valence-corrected chi connectivity index (χ3v) is 8.58. The topological polar surface area (TPSA) is 97.9 Å². The summed E-state index contributed by atoms with van der Waals surface area (Å²) in [6.07, 6.45) is 4.52. The van der Waals surface area contributed by atoms with Gasteiger partial charge >= 0.3 is 0 Å². The van der Waals surface area contributed by atoms with E-state index >= 15 is 0 Å². The summed E-state index contributed by atoms with van der Waals surface area (Å²) in [6.45, 7) is 9.15. The zero-order valence-corrected chi connectivity index (χ0v) is 25.9. The van der Waals surface area contributed by atoms with Crippen LogP contribution in [0.25, 0.3) is 11.1 Å². The molecule has 3 aromatic rings. The van der Waals surface area contributed by atoms with Crippen molar-refractivity contribution >= 4 is 11.6 Å². The SMILES string of the molecule is CCN(c1cc(-c2ccc(OCCO)cc2)cc(C(=O)NCc2c(C)cc(C)[nH]c2=O)c1C)[C@H]1CC[C@H](N(C)C)CC1. The Bertz CT molecular complexity index is 1420. The molecule has 8 heteroatoms. The predicted molar refractivity (Wildman–Crippen MR) is 170 cm³/mol. The van der Waals surface area contributed by atoms with E-state index in [1.54, 1.807) is 0 Å². The number of carbonyl (C=O) groups is 1. The molecule has 0 spiro atoms. The first-order valence-corrected chi connectivity index (χ1v) is 15.0. The molecule has 1 amide bonds. The van der Waals surface area contributed by atoms with E-state index < -0.39 is 0 Å². The Morgan fingerprint density at radius 2 is 1.67 bits per heavy atom. The number of rotatable bonds is 11. The first kappa shape index (κ1) is 31.3. The number of H-pyrrole nitrogens is 1. The van der Waals surface area contributed by atoms with Gasteiger partial charge in [-0.2, -0.15) is 0 Å². The van der Waals surface area contributed by atoms with Gasteiger partial charge in [-0.25, -0.2) is 0 Å². The second-order valence-corrected chi connectivity index (χ2v) is 11.6. The highest BCUT2D eigenvalue weighted by atomic mass is 16.5. The highest BCUT2D eigenvalue weighted by Gasteiger charge is 2.28. The Hall–Kier alpha value is -3.62. The first-order valence-electron chi connectivity index (χ1n) is 15.0. The zero-order chi connectivity index (χ0) is 30.4. The van der Waals surface area contributed by atoms with Crippen LogP contribution in [0.3, 0.4) is 0 Å². The fourth-order valence-electron chi connectivity index (χ4n) is 6.18. The van der Waals surface area contributed by atoms with Crippen molar-refractivity contribution < 1.29 is 14.6 Å². The van der Waals surface area contributed by atoms with E-state index in [2.05, 4.69) is 47.2 Å². The number of amides is 1. The fraction of sp³-hybridized carbons (Fsp3) is 0.471. The van der Waals surface area contributed by atoms with Gasteiger partial charge in [0, 0.05) is 47.7 Å². The van der Waals surface area contributed by atoms with E-state index in [1.165, 1.54) is 0 Å². The highest BCUT2D eigenvalue weighted by molar-refractivity contribution is 5.99. The van der Waals surface area contributed by atoms with Gasteiger partial charge in [0.1, 0.15) is 12.4 Å². The Kier molecular flexibility index (Phi) is 10.5. The van der Waals surface area contributed by atoms with Crippen molar-refractivity contribution in [3.63, 3.8) is 0 Å². The van der Waals surface area contributed by atoms with Gasteiger partial charge in [-0.1, -0.05) is 12.1 Å². The van der Waals surface area contributed by atoms with Gasteiger partial charge in [0.15, 0.2) is 0 Å². The number of hydrogen-bond acceptors (Lipinski definition) is 6. The van der Waals surface area contributed by atoms with Crippen molar-refractivity contribution in [2.75, 3.05) is 38.8 Å². The molecule has 1 aromatic heterocycles. The van der Waals surface area contributed by atoms with Crippen LogP contribution in [0.1, 0.15) is 65.3 Å². The maximum absolute atomic E-state index is 13.8. The molecule has 4 rings (SSSR count). The van der Waals surface area contributed by atoms with Crippen LogP contribution in [-0.4, -0.2) is 66.8 Å². The molecule has 1 aliphatic rings. The van der Waals surface area contributed by atoms with E-state index in [0.29, 0.717) is 29.0 Å². The molecule has 42 heavy (non-hydrogen) atoms. The summed E-state index contributed by atoms with van der Waals surface area (Å²) in [5.74, 6) is 0.481. The minimum Gasteiger partial charge on any atom is -0.491 e. The number of nitrogens with one attached hydrogen (secondary N) is 2. The van der Waals surface area contributed by atoms with E-state index in [1.807, 2.05) is 57.2 Å². The Morgan fingerprint density at radius 3 is 2.26 bits per heavy atom. The summed E-state index contributed by atoms with van der Waals surface area (Å²) in [5.41, 5.74) is 6.57. The lowest BCUT2D eigenvalue weighted by atomic mass is 9.88. The van der Waals surface area contributed by atoms with Gasteiger partial charge in [-0.3, -0.25) is 9.59 Å². The molecule has 1 saturated carbocycles. The standard InChI is InChI=1S/C34H46N4O4/c1-7-38(28-12-10-27(11-13-28)37(5)6)32-20-26(25-8-14-29(15-9-25)42-17-16-39)19-30(24(32)4)33(40)35-21-31-22(2)18-23(3)36-34(31)41/h8-9,14-15,18-20,27-28,39H,7,10-13,16-17,21H2,1-6H3,(H,35,40)(H,36,41)/t27-,28-. The number of benzene rings is 2. The van der Waals surface area contributed by atoms with E-state index in [-0.39, 0.29) is 31.2 Å². The maximum atomic E-state index is 13.8. The molecule has 1 fully saturated rings. The van der Waals surface area contributed by atoms with Crippen molar-refractivity contribution in [2.24, 2.45) is 0 Å². The second kappa shape index (κ2) is 14.0. The zero-order valence-electron chi connectivity index (χ0n) is 25.9. The number of carbonyl (C=O) groups excluding carboxylic acids is 1. The average molecular weight is 575 g/mol. The number of aromatic amines is 1. The van der Waals surface area contributed by atoms with E-state index in [4.69, 9.17) is 9.84 Å². The van der Waals surface area contributed by atoms with E-state index in [9.17, 15) is 9.59 Å². The van der Waals surface area contributed by atoms with Crippen LogP contribution < -0.4 is 20.5 Å². The first-order chi connectivity index (χ1) is 20.1. The van der Waals surface area contributed by atoms with Crippen LogP contribution in [-0.2, 0) is 6.54 Å². The average Bonchev–Trinajstić information content (AvgIpc) is 2.97. The number of hydrogen-bond donors (Lipinski definition) is 3. The van der Waals surface area contributed by atoms with Gasteiger partial charge < -0.3 is 29.9 Å². The summed E-state index contributed by atoms with van der Waals surface area (Å²) in [5, 5.41) is 12.1. The Balaban J connectivity index is 1.70. The molecule has 0 atom stereocenters. The lowest BCUT2D eigenvalue weighted by molar-refractivity contribution is 0.0950. The third-order valence-electron chi connectivity index (χ3n) is 8.58. The molecular weight excluding hydrogens is 528 g/mol. The maximum Gasteiger partial charge on any atom is 0.253 e. The summed E-state index contributed by atoms with van der Waals surface area (Å²) in [7, 11) is 4.32. The predicted octanol–water partition coefficient (Wildman–Crippen LogP) is 4.97. The summed E-state index contributed by atoms with van der Waals surface area (Å²) in [4.78, 5) is 34.0. The number of ether oxygens (including phenoxy) is 1. The van der Waals surface area contributed by atoms with Crippen LogP contribution in [0, 0.1) is 20.8 Å². The number of aliphatic hydroxyl groups is 1. The minimum atomic E-state index is -0.203. The molecule has 1 aliphatic carbocycles. The van der Waals surface area contributed by atoms with Crippen molar-refractivity contribution in [1.29, 1.82) is 0 Å². The van der Waals surface area contributed by atoms with Gasteiger partial charge in [0.05, 0.1) is 6.61 Å². The van der Waals surface area contributed by atoms with Crippen LogP contribution in [0.4, 0.5) is 5.69 Å². The Labute approximate surface area is 249 Å². The number of aliphatic hydroxyl groups excluding tert-OH is 1. The second-order valence-electron chi connectivity index (χ2n) is 11.6. The lowest BCUT2D eigenvalue weighted by Gasteiger charge is -2.40. The molecule has 2 aromatic carbocycles. The summed E-state index contributed by atoms with van der Waals surface area (Å²) in [6, 6.07) is 14.8. The fourth-order valence-corrected chi connectivity index (χ4v) is 6.18. The number of anilines is 1. The molecule has 0 radical (unpaired) electrons. The van der Waals surface area contributed by atoms with Gasteiger partial charge in [0.25, 0.3) is 11.5 Å². The number of aromatic nitrogens is 1. The summed E-state index contributed by atoms with van der Waals surface area (Å²) < 4.78 is 5.56. The quantitative estimate of drug-likeness (QED) is 0.299. The summed E-state index contributed by atoms with van der Waals surface area (Å²) >= 11 is 0. The van der Waals surface area contributed by atoms with Crippen LogP contribution in [0.15, 0.2) is 47.3 Å². The number of nitrogens with zero attached hydrogens (tertiary/aromatic N) is 2. The number of aryl methyl sites for hydroxylation is 2. The molecule has 0 saturated heterocycles. The lowest BCUT2D eigenvalue weighted by Crippen LogP contribution is -2.42. The van der Waals surface area contributed by atoms with Gasteiger partial charge in [0.2, 0.25) is 0 Å². The molecule has 0 aliphatic heterocycles. The van der Waals surface area contributed by atoms with Crippen LogP contribution >= 0.6 is 0 Å². The number of pyridine rings is 1. The van der Waals surface area contributed by atoms with Crippen molar-refractivity contribution in [2.45, 2.75) is 72.0 Å². The normalized spacial score (nSPS) is 16.9. The molecule has 1 heterocycles.